The minimum Gasteiger partial charge on any atom is -0.456 e. The summed E-state index contributed by atoms with van der Waals surface area (Å²) in [6, 6.07) is 2.24. The summed E-state index contributed by atoms with van der Waals surface area (Å²) in [7, 11) is 0. The van der Waals surface area contributed by atoms with Gasteiger partial charge in [-0.3, -0.25) is 4.79 Å². The lowest BCUT2D eigenvalue weighted by atomic mass is 10.1. The quantitative estimate of drug-likeness (QED) is 0.147. The summed E-state index contributed by atoms with van der Waals surface area (Å²) in [5, 5.41) is 0. The molecule has 3 rings (SSSR count). The first-order chi connectivity index (χ1) is 16.3. The van der Waals surface area contributed by atoms with E-state index >= 15 is 0 Å². The van der Waals surface area contributed by atoms with Crippen molar-refractivity contribution < 1.29 is 58.2 Å². The van der Waals surface area contributed by atoms with Gasteiger partial charge in [0.05, 0.1) is 11.1 Å². The Kier molecular flexibility index (Phi) is 7.27. The molecule has 0 radical (unpaired) electrons. The highest BCUT2D eigenvalue weighted by molar-refractivity contribution is 5.94. The van der Waals surface area contributed by atoms with E-state index in [1.165, 1.54) is 0 Å². The molecule has 0 aliphatic heterocycles. The molecule has 13 heteroatoms. The van der Waals surface area contributed by atoms with Crippen molar-refractivity contribution in [1.82, 2.24) is 0 Å². The third kappa shape index (κ3) is 5.17. The van der Waals surface area contributed by atoms with Gasteiger partial charge in [-0.2, -0.15) is 8.78 Å². The molecule has 0 aromatic heterocycles. The Hall–Kier alpha value is -3.77. The molecule has 0 amide bonds. The van der Waals surface area contributed by atoms with Crippen LogP contribution >= 0.6 is 0 Å². The van der Waals surface area contributed by atoms with Crippen LogP contribution in [0.4, 0.5) is 43.9 Å². The van der Waals surface area contributed by atoms with Crippen LogP contribution < -0.4 is 9.47 Å². The molecule has 0 heterocycles. The second kappa shape index (κ2) is 9.84. The van der Waals surface area contributed by atoms with E-state index in [9.17, 15) is 48.7 Å². The maximum absolute atomic E-state index is 14.5. The lowest BCUT2D eigenvalue weighted by molar-refractivity contribution is 0.0548. The first-order valence-electron chi connectivity index (χ1n) is 9.25. The van der Waals surface area contributed by atoms with Crippen molar-refractivity contribution in [3.63, 3.8) is 0 Å². The second-order valence-corrected chi connectivity index (χ2v) is 6.90. The van der Waals surface area contributed by atoms with Gasteiger partial charge in [0.25, 0.3) is 12.7 Å². The van der Waals surface area contributed by atoms with E-state index < -0.39 is 87.7 Å². The number of benzene rings is 3. The van der Waals surface area contributed by atoms with Crippen molar-refractivity contribution in [2.24, 2.45) is 0 Å². The molecule has 2 atom stereocenters. The molecule has 0 saturated carbocycles. The van der Waals surface area contributed by atoms with Gasteiger partial charge in [-0.1, -0.05) is 0 Å². The van der Waals surface area contributed by atoms with Crippen molar-refractivity contribution in [2.45, 2.75) is 19.6 Å². The topological polar surface area (TPSA) is 35.5 Å². The van der Waals surface area contributed by atoms with Crippen LogP contribution in [0.1, 0.15) is 41.1 Å². The number of rotatable bonds is 7. The van der Waals surface area contributed by atoms with Gasteiger partial charge in [-0.15, -0.1) is 0 Å². The molecule has 186 valence electrons. The number of hydrogen-bond acceptors (Lipinski definition) is 3. The number of ether oxygens (including phenoxy) is 2. The van der Waals surface area contributed by atoms with Gasteiger partial charge >= 0.3 is 0 Å². The highest BCUT2D eigenvalue weighted by atomic mass is 19.2. The molecule has 3 aromatic carbocycles. The summed E-state index contributed by atoms with van der Waals surface area (Å²) in [4.78, 5) is 11.7. The third-order valence-corrected chi connectivity index (χ3v) is 4.52. The summed E-state index contributed by atoms with van der Waals surface area (Å²) in [5.74, 6) is -19.3. The number of alkyl halides is 2. The summed E-state index contributed by atoms with van der Waals surface area (Å²) >= 11 is 0. The van der Waals surface area contributed by atoms with Crippen LogP contribution in [0.5, 0.6) is 11.5 Å². The third-order valence-electron chi connectivity index (χ3n) is 4.52. The monoisotopic (exact) mass is 512 g/mol. The van der Waals surface area contributed by atoms with Crippen LogP contribution in [0.3, 0.4) is 0 Å². The van der Waals surface area contributed by atoms with Gasteiger partial charge in [0, 0.05) is 11.6 Å². The molecular weight excluding hydrogens is 502 g/mol. The van der Waals surface area contributed by atoms with Gasteiger partial charge in [0.2, 0.25) is 0 Å². The summed E-state index contributed by atoms with van der Waals surface area (Å²) in [5.41, 5.74) is -3.16. The molecule has 0 N–H and O–H groups in total. The largest absolute Gasteiger partial charge is 0.456 e. The Morgan fingerprint density at radius 1 is 0.600 bits per heavy atom. The van der Waals surface area contributed by atoms with Gasteiger partial charge in [0.1, 0.15) is 11.5 Å². The second-order valence-electron chi connectivity index (χ2n) is 6.90. The van der Waals surface area contributed by atoms with Crippen LogP contribution in [-0.2, 0) is 0 Å². The fraction of sp³-hybridized carbons (Fsp3) is 0.136. The van der Waals surface area contributed by atoms with Crippen LogP contribution in [0, 0.1) is 46.5 Å². The SMILES string of the molecule is CC(=O)c1cc(OC(F)c2cc(F)c(F)c(F)c2F)cc(OC(F)c2cc(F)c(F)c(F)c2F)c1. The Balaban J connectivity index is 1.95. The lowest BCUT2D eigenvalue weighted by Gasteiger charge is -2.17. The number of ketones is 1. The molecule has 0 bridgehead atoms. The van der Waals surface area contributed by atoms with Crippen LogP contribution in [0.15, 0.2) is 30.3 Å². The van der Waals surface area contributed by atoms with E-state index in [0.717, 1.165) is 19.1 Å². The minimum atomic E-state index is -2.98. The molecule has 0 saturated heterocycles. The molecule has 3 nitrogen and oxygen atoms in total. The fourth-order valence-corrected chi connectivity index (χ4v) is 2.79. The van der Waals surface area contributed by atoms with E-state index in [-0.39, 0.29) is 17.7 Å². The maximum Gasteiger partial charge on any atom is 0.267 e. The van der Waals surface area contributed by atoms with E-state index in [4.69, 9.17) is 0 Å². The molecule has 0 spiro atoms. The Morgan fingerprint density at radius 3 is 1.31 bits per heavy atom. The highest BCUT2D eigenvalue weighted by Crippen LogP contribution is 2.34. The van der Waals surface area contributed by atoms with Crippen molar-refractivity contribution >= 4 is 5.78 Å². The van der Waals surface area contributed by atoms with Crippen LogP contribution in [-0.4, -0.2) is 5.78 Å². The predicted octanol–water partition coefficient (Wildman–Crippen LogP) is 7.10. The Morgan fingerprint density at radius 2 is 0.971 bits per heavy atom. The summed E-state index contributed by atoms with van der Waals surface area (Å²) < 4.78 is 146. The van der Waals surface area contributed by atoms with Crippen LogP contribution in [0.25, 0.3) is 0 Å². The average molecular weight is 512 g/mol. The zero-order valence-corrected chi connectivity index (χ0v) is 17.0. The smallest absolute Gasteiger partial charge is 0.267 e. The zero-order valence-electron chi connectivity index (χ0n) is 17.0. The maximum atomic E-state index is 14.5. The van der Waals surface area contributed by atoms with E-state index in [2.05, 4.69) is 9.47 Å². The van der Waals surface area contributed by atoms with Crippen LogP contribution in [0.2, 0.25) is 0 Å². The molecule has 3 aromatic rings. The van der Waals surface area contributed by atoms with E-state index in [0.29, 0.717) is 6.07 Å². The van der Waals surface area contributed by atoms with Gasteiger partial charge in [-0.25, -0.2) is 35.1 Å². The number of carbonyl (C=O) groups is 1. The average Bonchev–Trinajstić information content (AvgIpc) is 2.80. The van der Waals surface area contributed by atoms with Crippen molar-refractivity contribution in [3.8, 4) is 11.5 Å². The number of halogens is 10. The number of carbonyl (C=O) groups excluding carboxylic acids is 1. The Bertz CT molecular complexity index is 1220. The molecule has 0 aliphatic carbocycles. The van der Waals surface area contributed by atoms with Gasteiger partial charge < -0.3 is 9.47 Å². The standard InChI is InChI=1S/C22H10F10O3/c1-7(33)8-2-9(34-21(31)11-5-13(23)17(27)19(29)15(11)25)4-10(3-8)35-22(32)12-6-14(24)18(28)20(30)16(12)26/h2-6,21-22H,1H3. The van der Waals surface area contributed by atoms with E-state index in [1.807, 2.05) is 0 Å². The summed E-state index contributed by atoms with van der Waals surface area (Å²) in [6.07, 6.45) is -5.96. The molecule has 35 heavy (non-hydrogen) atoms. The van der Waals surface area contributed by atoms with Gasteiger partial charge in [-0.05, 0) is 31.2 Å². The van der Waals surface area contributed by atoms with Crippen molar-refractivity contribution in [2.75, 3.05) is 0 Å². The number of Topliss-reactive ketones (excluding diaryl/α,β-unsaturated/α-hetero) is 1. The molecule has 0 aliphatic rings. The normalized spacial score (nSPS) is 12.9. The molecule has 2 unspecified atom stereocenters. The van der Waals surface area contributed by atoms with Gasteiger partial charge in [0.15, 0.2) is 52.3 Å². The van der Waals surface area contributed by atoms with Crippen molar-refractivity contribution in [3.05, 3.63) is 93.6 Å². The highest BCUT2D eigenvalue weighted by Gasteiger charge is 2.27. The Labute approximate surface area is 189 Å². The van der Waals surface area contributed by atoms with Crippen molar-refractivity contribution in [1.29, 1.82) is 0 Å². The molecular formula is C22H10F10O3. The molecule has 0 fully saturated rings. The predicted molar refractivity (Wildman–Crippen MR) is 97.9 cm³/mol. The lowest BCUT2D eigenvalue weighted by Crippen LogP contribution is -2.10. The summed E-state index contributed by atoms with van der Waals surface area (Å²) in [6.45, 7) is 0.984. The number of hydrogen-bond donors (Lipinski definition) is 0. The zero-order chi connectivity index (χ0) is 26.2. The fourth-order valence-electron chi connectivity index (χ4n) is 2.79. The van der Waals surface area contributed by atoms with E-state index in [1.54, 1.807) is 0 Å². The first-order valence-corrected chi connectivity index (χ1v) is 9.25. The first kappa shape index (κ1) is 25.8. The minimum absolute atomic E-state index is 0.0252.